The minimum Gasteiger partial charge on any atom is -0.456 e. The topological polar surface area (TPSA) is 26.3 Å². The molecule has 2 aromatic heterocycles. The van der Waals surface area contributed by atoms with Gasteiger partial charge in [-0.15, -0.1) is 0 Å². The summed E-state index contributed by atoms with van der Waals surface area (Å²) in [6.07, 6.45) is 0. The maximum Gasteiger partial charge on any atom is 0.136 e. The van der Waals surface area contributed by atoms with Gasteiger partial charge in [-0.05, 0) is 108 Å². The van der Waals surface area contributed by atoms with Crippen molar-refractivity contribution >= 4 is 65.4 Å². The Morgan fingerprint density at radius 2 is 0.745 bits per heavy atom. The lowest BCUT2D eigenvalue weighted by molar-refractivity contribution is 0.662. The van der Waals surface area contributed by atoms with Crippen molar-refractivity contribution < 1.29 is 8.83 Å². The van der Waals surface area contributed by atoms with Crippen molar-refractivity contribution in [2.24, 2.45) is 0 Å². The van der Waals surface area contributed by atoms with Crippen molar-refractivity contribution in [2.45, 2.75) is 19.3 Å². The van der Waals surface area contributed by atoms with Crippen LogP contribution in [0.4, 0.5) is 0 Å². The molecule has 12 rings (SSSR count). The van der Waals surface area contributed by atoms with Crippen molar-refractivity contribution in [3.05, 3.63) is 181 Å². The van der Waals surface area contributed by atoms with Crippen molar-refractivity contribution in [3.8, 4) is 44.5 Å². The molecule has 0 fully saturated rings. The van der Waals surface area contributed by atoms with Gasteiger partial charge in [0.05, 0.1) is 0 Å². The fraction of sp³-hybridized carbons (Fsp3) is 0.0566. The van der Waals surface area contributed by atoms with Gasteiger partial charge in [-0.25, -0.2) is 0 Å². The largest absolute Gasteiger partial charge is 0.456 e. The third-order valence-electron chi connectivity index (χ3n) is 12.3. The molecule has 0 atom stereocenters. The Bertz CT molecular complexity index is 3240. The van der Waals surface area contributed by atoms with Gasteiger partial charge in [0.1, 0.15) is 22.3 Å². The number of furan rings is 2. The number of benzene rings is 9. The SMILES string of the molecule is CC1(C)c2ccccc2-c2cccc(-c3c4cccc(-c5cccc6oc7ccccc7c56)c4cc4c(-c5cccc6oc7ccccc7c56)cccc34)c21. The van der Waals surface area contributed by atoms with E-state index in [9.17, 15) is 0 Å². The van der Waals surface area contributed by atoms with E-state index < -0.39 is 0 Å². The van der Waals surface area contributed by atoms with Gasteiger partial charge in [-0.2, -0.15) is 0 Å². The molecule has 55 heavy (non-hydrogen) atoms. The van der Waals surface area contributed by atoms with Crippen LogP contribution in [0.2, 0.25) is 0 Å². The summed E-state index contributed by atoms with van der Waals surface area (Å²) < 4.78 is 12.9. The molecule has 0 spiro atoms. The zero-order valence-corrected chi connectivity index (χ0v) is 30.5. The smallest absolute Gasteiger partial charge is 0.136 e. The van der Waals surface area contributed by atoms with Crippen LogP contribution in [0.15, 0.2) is 179 Å². The summed E-state index contributed by atoms with van der Waals surface area (Å²) in [6.45, 7) is 4.78. The van der Waals surface area contributed by atoms with Gasteiger partial charge in [-0.3, -0.25) is 0 Å². The zero-order valence-electron chi connectivity index (χ0n) is 30.5. The van der Waals surface area contributed by atoms with E-state index >= 15 is 0 Å². The maximum absolute atomic E-state index is 6.43. The molecule has 2 nitrogen and oxygen atoms in total. The van der Waals surface area contributed by atoms with Crippen LogP contribution in [0.25, 0.3) is 110 Å². The summed E-state index contributed by atoms with van der Waals surface area (Å²) in [4.78, 5) is 0. The molecule has 0 N–H and O–H groups in total. The van der Waals surface area contributed by atoms with Crippen LogP contribution in [0, 0.1) is 0 Å². The minimum atomic E-state index is -0.186. The molecule has 1 aliphatic rings. The summed E-state index contributed by atoms with van der Waals surface area (Å²) >= 11 is 0. The molecule has 9 aromatic carbocycles. The summed E-state index contributed by atoms with van der Waals surface area (Å²) in [5.74, 6) is 0. The summed E-state index contributed by atoms with van der Waals surface area (Å²) in [7, 11) is 0. The van der Waals surface area contributed by atoms with Gasteiger partial charge in [0.2, 0.25) is 0 Å². The Morgan fingerprint density at radius 1 is 0.327 bits per heavy atom. The second kappa shape index (κ2) is 11.1. The highest BCUT2D eigenvalue weighted by atomic mass is 16.3. The predicted molar refractivity (Wildman–Crippen MR) is 230 cm³/mol. The van der Waals surface area contributed by atoms with Crippen LogP contribution in [0.1, 0.15) is 25.0 Å². The van der Waals surface area contributed by atoms with E-state index in [1.807, 2.05) is 12.1 Å². The second-order valence-electron chi connectivity index (χ2n) is 15.5. The van der Waals surface area contributed by atoms with Crippen molar-refractivity contribution in [1.29, 1.82) is 0 Å². The summed E-state index contributed by atoms with van der Waals surface area (Å²) in [5.41, 5.74) is 16.1. The van der Waals surface area contributed by atoms with Crippen LogP contribution < -0.4 is 0 Å². The molecule has 11 aromatic rings. The summed E-state index contributed by atoms with van der Waals surface area (Å²) in [5, 5.41) is 9.45. The predicted octanol–water partition coefficient (Wildman–Crippen LogP) is 15.1. The third kappa shape index (κ3) is 4.14. The molecule has 0 radical (unpaired) electrons. The second-order valence-corrected chi connectivity index (χ2v) is 15.5. The van der Waals surface area contributed by atoms with Crippen molar-refractivity contribution in [2.75, 3.05) is 0 Å². The minimum absolute atomic E-state index is 0.186. The zero-order chi connectivity index (χ0) is 36.4. The van der Waals surface area contributed by atoms with Crippen LogP contribution in [-0.2, 0) is 5.41 Å². The molecule has 258 valence electrons. The van der Waals surface area contributed by atoms with Crippen LogP contribution in [-0.4, -0.2) is 0 Å². The number of hydrogen-bond donors (Lipinski definition) is 0. The molecular formula is C53H34O2. The number of rotatable bonds is 3. The third-order valence-corrected chi connectivity index (χ3v) is 12.3. The Labute approximate surface area is 317 Å². The molecule has 2 heteroatoms. The van der Waals surface area contributed by atoms with E-state index in [-0.39, 0.29) is 5.41 Å². The lowest BCUT2D eigenvalue weighted by atomic mass is 9.77. The average Bonchev–Trinajstić information content (AvgIpc) is 3.87. The maximum atomic E-state index is 6.43. The Morgan fingerprint density at radius 3 is 1.36 bits per heavy atom. The molecule has 1 aliphatic carbocycles. The van der Waals surface area contributed by atoms with Crippen LogP contribution in [0.3, 0.4) is 0 Å². The molecular weight excluding hydrogens is 669 g/mol. The lowest BCUT2D eigenvalue weighted by Crippen LogP contribution is -2.16. The van der Waals surface area contributed by atoms with E-state index in [1.165, 1.54) is 77.2 Å². The standard InChI is InChI=1S/C53H34O2/c1-53(2)44-25-6-3-14-33(44)38-23-11-24-41(52(38)53)49-36-19-9-17-31(34-21-12-28-47-50(34)39-15-4-7-26-45(39)54-47)42(36)30-43-32(18-10-20-37(43)49)35-22-13-29-48-51(35)40-16-5-8-27-46(40)55-48/h3-30H,1-2H3. The normalized spacial score (nSPS) is 13.4. The molecule has 0 aliphatic heterocycles. The number of para-hydroxylation sites is 2. The number of hydrogen-bond acceptors (Lipinski definition) is 2. The van der Waals surface area contributed by atoms with Crippen molar-refractivity contribution in [3.63, 3.8) is 0 Å². The van der Waals surface area contributed by atoms with Crippen molar-refractivity contribution in [1.82, 2.24) is 0 Å². The first-order valence-corrected chi connectivity index (χ1v) is 19.1. The van der Waals surface area contributed by atoms with Gasteiger partial charge >= 0.3 is 0 Å². The fourth-order valence-electron chi connectivity index (χ4n) is 9.98. The Balaban J connectivity index is 1.25. The van der Waals surface area contributed by atoms with Gasteiger partial charge in [0.15, 0.2) is 0 Å². The van der Waals surface area contributed by atoms with Gasteiger partial charge in [0, 0.05) is 27.0 Å². The first-order chi connectivity index (χ1) is 27.1. The molecule has 0 saturated heterocycles. The molecule has 0 amide bonds. The van der Waals surface area contributed by atoms with E-state index in [0.29, 0.717) is 0 Å². The average molecular weight is 703 g/mol. The summed E-state index contributed by atoms with van der Waals surface area (Å²) in [6, 6.07) is 61.7. The Kier molecular flexibility index (Phi) is 6.15. The van der Waals surface area contributed by atoms with E-state index in [2.05, 4.69) is 172 Å². The van der Waals surface area contributed by atoms with Gasteiger partial charge in [-0.1, -0.05) is 153 Å². The molecule has 2 heterocycles. The quantitative estimate of drug-likeness (QED) is 0.171. The fourth-order valence-corrected chi connectivity index (χ4v) is 9.98. The van der Waals surface area contributed by atoms with Crippen LogP contribution >= 0.6 is 0 Å². The van der Waals surface area contributed by atoms with Gasteiger partial charge < -0.3 is 8.83 Å². The van der Waals surface area contributed by atoms with E-state index in [0.717, 1.165) is 43.9 Å². The molecule has 0 saturated carbocycles. The Hall–Kier alpha value is -6.90. The monoisotopic (exact) mass is 702 g/mol. The number of fused-ring (bicyclic) bond motifs is 11. The first-order valence-electron chi connectivity index (χ1n) is 19.1. The highest BCUT2D eigenvalue weighted by Crippen LogP contribution is 2.55. The molecule has 0 unspecified atom stereocenters. The van der Waals surface area contributed by atoms with Gasteiger partial charge in [0.25, 0.3) is 0 Å². The highest BCUT2D eigenvalue weighted by Gasteiger charge is 2.38. The highest BCUT2D eigenvalue weighted by molar-refractivity contribution is 6.24. The van der Waals surface area contributed by atoms with Crippen LogP contribution in [0.5, 0.6) is 0 Å². The first kappa shape index (κ1) is 30.6. The lowest BCUT2D eigenvalue weighted by Gasteiger charge is -2.26. The van der Waals surface area contributed by atoms with E-state index in [4.69, 9.17) is 8.83 Å². The molecule has 0 bridgehead atoms. The van der Waals surface area contributed by atoms with E-state index in [1.54, 1.807) is 0 Å².